The van der Waals surface area contributed by atoms with Gasteiger partial charge in [0.25, 0.3) is 5.82 Å². The van der Waals surface area contributed by atoms with Gasteiger partial charge in [0, 0.05) is 0 Å². The van der Waals surface area contributed by atoms with Crippen molar-refractivity contribution < 1.29 is 58.2 Å². The van der Waals surface area contributed by atoms with Gasteiger partial charge in [-0.25, -0.2) is 14.0 Å². The van der Waals surface area contributed by atoms with Crippen LogP contribution < -0.4 is 18.9 Å². The summed E-state index contributed by atoms with van der Waals surface area (Å²) in [7, 11) is 0. The van der Waals surface area contributed by atoms with Crippen LogP contribution in [0.1, 0.15) is 0 Å². The quantitative estimate of drug-likeness (QED) is 0.492. The Balaban J connectivity index is 0. The van der Waals surface area contributed by atoms with E-state index in [1.165, 1.54) is 0 Å². The molecule has 0 saturated carbocycles. The van der Waals surface area contributed by atoms with Gasteiger partial charge >= 0.3 is 37.7 Å². The zero-order chi connectivity index (χ0) is 12.7. The number of hydrogen-bond donors (Lipinski definition) is 0. The van der Waals surface area contributed by atoms with E-state index < -0.39 is 30.6 Å². The van der Waals surface area contributed by atoms with Gasteiger partial charge in [0.2, 0.25) is 0 Å². The summed E-state index contributed by atoms with van der Waals surface area (Å²) < 4.78 is 106. The first kappa shape index (κ1) is 17.9. The SMILES string of the molecule is N#C[B-](F)(F)C(F)(F)C(F)(F)C(F)(F)F.[Li+]. The molecule has 12 heteroatoms. The third kappa shape index (κ3) is 2.43. The third-order valence-electron chi connectivity index (χ3n) is 1.39. The Kier molecular flexibility index (Phi) is 4.94. The molecule has 0 bridgehead atoms. The van der Waals surface area contributed by atoms with Crippen LogP contribution in [0, 0.1) is 11.2 Å². The summed E-state index contributed by atoms with van der Waals surface area (Å²) in [5.41, 5.74) is 0. The molecule has 0 fully saturated rings. The van der Waals surface area contributed by atoms with Crippen LogP contribution in [0.3, 0.4) is 0 Å². The van der Waals surface area contributed by atoms with Crippen LogP contribution in [-0.2, 0) is 0 Å². The molecule has 0 spiro atoms. The molecule has 0 aliphatic rings. The van der Waals surface area contributed by atoms with Crippen molar-refractivity contribution in [1.82, 2.24) is 0 Å². The van der Waals surface area contributed by atoms with Crippen molar-refractivity contribution in [2.45, 2.75) is 17.9 Å². The van der Waals surface area contributed by atoms with Crippen LogP contribution in [0.2, 0.25) is 0 Å². The molecule has 0 unspecified atom stereocenters. The van der Waals surface area contributed by atoms with Gasteiger partial charge in [-0.3, -0.25) is 0 Å². The van der Waals surface area contributed by atoms with Crippen LogP contribution in [0.4, 0.5) is 39.4 Å². The van der Waals surface area contributed by atoms with Crippen LogP contribution in [-0.4, -0.2) is 24.6 Å². The Labute approximate surface area is 94.8 Å². The third-order valence-corrected chi connectivity index (χ3v) is 1.39. The Morgan fingerprint density at radius 3 is 1.38 bits per heavy atom. The molecule has 0 aromatic carbocycles. The summed E-state index contributed by atoms with van der Waals surface area (Å²) in [6.45, 7) is -6.81. The maximum absolute atomic E-state index is 12.1. The van der Waals surface area contributed by atoms with Crippen molar-refractivity contribution in [3.8, 4) is 5.97 Å². The predicted molar refractivity (Wildman–Crippen MR) is 29.5 cm³/mol. The first-order chi connectivity index (χ1) is 6.31. The van der Waals surface area contributed by atoms with E-state index in [4.69, 9.17) is 5.26 Å². The van der Waals surface area contributed by atoms with E-state index in [0.29, 0.717) is 0 Å². The molecule has 0 aliphatic heterocycles. The number of hydrogen-bond acceptors (Lipinski definition) is 1. The molecule has 0 N–H and O–H groups in total. The normalized spacial score (nSPS) is 14.0. The number of nitrogens with zero attached hydrogens (tertiary/aromatic N) is 1. The predicted octanol–water partition coefficient (Wildman–Crippen LogP) is -0.194. The fraction of sp³-hybridized carbons (Fsp3) is 0.750. The molecule has 0 rings (SSSR count). The maximum Gasteiger partial charge on any atom is 1.00 e. The minimum atomic E-state index is -6.96. The topological polar surface area (TPSA) is 23.8 Å². The van der Waals surface area contributed by atoms with Crippen molar-refractivity contribution in [2.24, 2.45) is 0 Å². The second-order valence-corrected chi connectivity index (χ2v) is 2.49. The first-order valence-corrected chi connectivity index (χ1v) is 3.06. The number of alkyl halides is 7. The molecule has 0 atom stereocenters. The first-order valence-electron chi connectivity index (χ1n) is 3.06. The molecule has 0 aromatic rings. The second kappa shape index (κ2) is 4.42. The van der Waals surface area contributed by atoms with E-state index in [0.717, 1.165) is 0 Å². The largest absolute Gasteiger partial charge is 1.00 e. The summed E-state index contributed by atoms with van der Waals surface area (Å²) in [5.74, 6) is -14.3. The Morgan fingerprint density at radius 1 is 0.875 bits per heavy atom. The zero-order valence-corrected chi connectivity index (χ0v) is 7.43. The van der Waals surface area contributed by atoms with Crippen molar-refractivity contribution in [1.29, 1.82) is 5.26 Å². The number of nitriles is 1. The fourth-order valence-corrected chi connectivity index (χ4v) is 0.498. The maximum atomic E-state index is 12.1. The number of rotatable bonds is 2. The molecule has 0 radical (unpaired) electrons. The molecule has 0 heterocycles. The van der Waals surface area contributed by atoms with Gasteiger partial charge in [-0.15, -0.1) is 0 Å². The van der Waals surface area contributed by atoms with Crippen molar-refractivity contribution in [2.75, 3.05) is 0 Å². The molecular formula is C4BF9LiN. The van der Waals surface area contributed by atoms with E-state index in [-0.39, 0.29) is 18.9 Å². The molecule has 0 amide bonds. The standard InChI is InChI=1S/C4BF9N.Li/c6-2(7,4(10,11)12)3(8,9)5(13,14)1-15;/q-1;+1. The van der Waals surface area contributed by atoms with Crippen LogP contribution in [0.5, 0.6) is 0 Å². The minimum absolute atomic E-state index is 0. The molecule has 1 nitrogen and oxygen atoms in total. The minimum Gasteiger partial charge on any atom is -0.461 e. The van der Waals surface area contributed by atoms with Gasteiger partial charge in [-0.1, -0.05) is 5.97 Å². The summed E-state index contributed by atoms with van der Waals surface area (Å²) >= 11 is 0. The van der Waals surface area contributed by atoms with Gasteiger partial charge in [-0.05, 0) is 0 Å². The zero-order valence-electron chi connectivity index (χ0n) is 7.43. The summed E-state index contributed by atoms with van der Waals surface area (Å²) in [6, 6.07) is 0. The summed E-state index contributed by atoms with van der Waals surface area (Å²) in [5, 5.41) is 7.41. The van der Waals surface area contributed by atoms with Crippen LogP contribution >= 0.6 is 0 Å². The Bertz CT molecular complexity index is 291. The smallest absolute Gasteiger partial charge is 0.461 e. The summed E-state index contributed by atoms with van der Waals surface area (Å²) in [6.07, 6.45) is -6.86. The van der Waals surface area contributed by atoms with Gasteiger partial charge in [0.1, 0.15) is 0 Å². The molecule has 88 valence electrons. The molecule has 16 heavy (non-hydrogen) atoms. The van der Waals surface area contributed by atoms with Gasteiger partial charge in [-0.2, -0.15) is 22.0 Å². The second-order valence-electron chi connectivity index (χ2n) is 2.49. The van der Waals surface area contributed by atoms with Crippen LogP contribution in [0.15, 0.2) is 0 Å². The summed E-state index contributed by atoms with van der Waals surface area (Å²) in [4.78, 5) is 0. The average Bonchev–Trinajstić information content (AvgIpc) is 2.01. The Morgan fingerprint density at radius 2 is 1.19 bits per heavy atom. The molecule has 0 aromatic heterocycles. The van der Waals surface area contributed by atoms with E-state index in [9.17, 15) is 39.4 Å². The van der Waals surface area contributed by atoms with Crippen molar-refractivity contribution in [3.63, 3.8) is 0 Å². The molecular weight excluding hydrogens is 251 g/mol. The van der Waals surface area contributed by atoms with E-state index in [1.54, 1.807) is 0 Å². The number of halogens is 9. The molecule has 0 aliphatic carbocycles. The van der Waals surface area contributed by atoms with E-state index >= 15 is 0 Å². The Hall–Kier alpha value is -0.478. The van der Waals surface area contributed by atoms with Gasteiger partial charge in [0.15, 0.2) is 0 Å². The van der Waals surface area contributed by atoms with Gasteiger partial charge in [0.05, 0.1) is 0 Å². The fourth-order valence-electron chi connectivity index (χ4n) is 0.498. The monoisotopic (exact) mass is 251 g/mol. The van der Waals surface area contributed by atoms with Crippen LogP contribution in [0.25, 0.3) is 0 Å². The molecule has 0 saturated heterocycles. The van der Waals surface area contributed by atoms with Gasteiger partial charge < -0.3 is 8.63 Å². The van der Waals surface area contributed by atoms with E-state index in [1.807, 2.05) is 0 Å². The van der Waals surface area contributed by atoms with Crippen molar-refractivity contribution in [3.05, 3.63) is 0 Å². The van der Waals surface area contributed by atoms with E-state index in [2.05, 4.69) is 0 Å². The van der Waals surface area contributed by atoms with Crippen molar-refractivity contribution >= 4 is 6.70 Å². The average molecular weight is 251 g/mol.